The number of nitrogen functional groups attached to an aromatic ring is 1. The fraction of sp³-hybridized carbons (Fsp3) is 0.286. The maximum Gasteiger partial charge on any atom is 0.435 e. The lowest BCUT2D eigenvalue weighted by molar-refractivity contribution is -0.140. The van der Waals surface area contributed by atoms with E-state index in [0.717, 1.165) is 0 Å². The van der Waals surface area contributed by atoms with Crippen LogP contribution in [0.5, 0.6) is 0 Å². The summed E-state index contributed by atoms with van der Waals surface area (Å²) in [5, 5.41) is 0. The first-order valence-electron chi connectivity index (χ1n) is 3.54. The normalized spacial score (nSPS) is 12.2. The van der Waals surface area contributed by atoms with E-state index in [-0.39, 0.29) is 0 Å². The average Bonchev–Trinajstić information content (AvgIpc) is 2.06. The van der Waals surface area contributed by atoms with E-state index in [9.17, 15) is 22.0 Å². The molecular weight excluding hydrogens is 287 g/mol. The summed E-state index contributed by atoms with van der Waals surface area (Å²) in [6.45, 7) is 0. The van der Waals surface area contributed by atoms with Gasteiger partial charge in [0.1, 0.15) is 0 Å². The van der Waals surface area contributed by atoms with Crippen molar-refractivity contribution in [3.8, 4) is 0 Å². The van der Waals surface area contributed by atoms with Gasteiger partial charge in [0.2, 0.25) is 0 Å². The van der Waals surface area contributed by atoms with E-state index < -0.39 is 34.0 Å². The van der Waals surface area contributed by atoms with Gasteiger partial charge in [-0.3, -0.25) is 0 Å². The van der Waals surface area contributed by atoms with E-state index in [1.54, 1.807) is 0 Å². The molecule has 84 valence electrons. The molecule has 1 rings (SSSR count). The highest BCUT2D eigenvalue weighted by molar-refractivity contribution is 9.10. The Kier molecular flexibility index (Phi) is 3.17. The number of pyridine rings is 1. The van der Waals surface area contributed by atoms with Crippen molar-refractivity contribution in [3.05, 3.63) is 21.9 Å². The number of hydrogen-bond acceptors (Lipinski definition) is 2. The van der Waals surface area contributed by atoms with Crippen LogP contribution in [0.15, 0.2) is 10.7 Å². The van der Waals surface area contributed by atoms with Gasteiger partial charge in [0.25, 0.3) is 6.43 Å². The number of aromatic nitrogens is 1. The second-order valence-electron chi connectivity index (χ2n) is 2.59. The van der Waals surface area contributed by atoms with E-state index in [2.05, 4.69) is 20.9 Å². The maximum atomic E-state index is 12.2. The maximum absolute atomic E-state index is 12.2. The van der Waals surface area contributed by atoms with Gasteiger partial charge in [0.15, 0.2) is 5.69 Å². The molecular formula is C7H4BrF5N2. The number of rotatable bonds is 1. The van der Waals surface area contributed by atoms with E-state index in [4.69, 9.17) is 5.73 Å². The summed E-state index contributed by atoms with van der Waals surface area (Å²) in [5.41, 5.74) is 2.17. The molecule has 0 spiro atoms. The number of alkyl halides is 5. The molecule has 8 heteroatoms. The minimum Gasteiger partial charge on any atom is -0.396 e. The van der Waals surface area contributed by atoms with Crippen LogP contribution in [0.1, 0.15) is 17.7 Å². The van der Waals surface area contributed by atoms with Crippen molar-refractivity contribution in [2.24, 2.45) is 0 Å². The van der Waals surface area contributed by atoms with Crippen LogP contribution in [0.2, 0.25) is 0 Å². The zero-order valence-electron chi connectivity index (χ0n) is 6.95. The fourth-order valence-electron chi connectivity index (χ4n) is 0.898. The van der Waals surface area contributed by atoms with Gasteiger partial charge < -0.3 is 5.73 Å². The lowest BCUT2D eigenvalue weighted by Gasteiger charge is -2.12. The SMILES string of the molecule is Nc1c(C(F)(F)F)ncc(C(F)F)c1Br. The Morgan fingerprint density at radius 2 is 1.87 bits per heavy atom. The van der Waals surface area contributed by atoms with Gasteiger partial charge >= 0.3 is 6.18 Å². The highest BCUT2D eigenvalue weighted by Crippen LogP contribution is 2.39. The van der Waals surface area contributed by atoms with Crippen molar-refractivity contribution in [2.45, 2.75) is 12.6 Å². The molecule has 0 atom stereocenters. The van der Waals surface area contributed by atoms with E-state index in [1.807, 2.05) is 0 Å². The highest BCUT2D eigenvalue weighted by Gasteiger charge is 2.36. The Labute approximate surface area is 89.4 Å². The molecule has 0 aliphatic carbocycles. The molecule has 15 heavy (non-hydrogen) atoms. The molecule has 0 fully saturated rings. The molecule has 0 amide bonds. The molecule has 1 heterocycles. The number of anilines is 1. The van der Waals surface area contributed by atoms with Crippen LogP contribution < -0.4 is 5.73 Å². The second-order valence-corrected chi connectivity index (χ2v) is 3.38. The van der Waals surface area contributed by atoms with Gasteiger partial charge in [0, 0.05) is 6.20 Å². The van der Waals surface area contributed by atoms with Gasteiger partial charge in [-0.25, -0.2) is 13.8 Å². The quantitative estimate of drug-likeness (QED) is 0.805. The first-order chi connectivity index (χ1) is 6.75. The number of nitrogens with two attached hydrogens (primary N) is 1. The summed E-state index contributed by atoms with van der Waals surface area (Å²) in [7, 11) is 0. The van der Waals surface area contributed by atoms with Crippen LogP contribution in [-0.4, -0.2) is 4.98 Å². The minimum absolute atomic E-state index is 0.452. The Morgan fingerprint density at radius 3 is 2.27 bits per heavy atom. The van der Waals surface area contributed by atoms with Gasteiger partial charge in [-0.15, -0.1) is 0 Å². The lowest BCUT2D eigenvalue weighted by atomic mass is 10.2. The van der Waals surface area contributed by atoms with Crippen molar-refractivity contribution >= 4 is 21.6 Å². The number of hydrogen-bond donors (Lipinski definition) is 1. The van der Waals surface area contributed by atoms with Crippen LogP contribution in [0.25, 0.3) is 0 Å². The van der Waals surface area contributed by atoms with E-state index in [1.165, 1.54) is 0 Å². The first-order valence-corrected chi connectivity index (χ1v) is 4.33. The van der Waals surface area contributed by atoms with E-state index >= 15 is 0 Å². The van der Waals surface area contributed by atoms with Crippen molar-refractivity contribution in [2.75, 3.05) is 5.73 Å². The van der Waals surface area contributed by atoms with Gasteiger partial charge in [-0.2, -0.15) is 13.2 Å². The Bertz CT molecular complexity index is 376. The molecule has 0 saturated heterocycles. The largest absolute Gasteiger partial charge is 0.435 e. The average molecular weight is 291 g/mol. The summed E-state index contributed by atoms with van der Waals surface area (Å²) in [6, 6.07) is 0. The topological polar surface area (TPSA) is 38.9 Å². The number of halogens is 6. The third-order valence-electron chi connectivity index (χ3n) is 1.58. The number of nitrogens with zero attached hydrogens (tertiary/aromatic N) is 1. The molecule has 0 aliphatic rings. The van der Waals surface area contributed by atoms with E-state index in [0.29, 0.717) is 6.20 Å². The van der Waals surface area contributed by atoms with Crippen LogP contribution in [0.4, 0.5) is 27.6 Å². The lowest BCUT2D eigenvalue weighted by Crippen LogP contribution is -2.13. The zero-order valence-corrected chi connectivity index (χ0v) is 8.53. The smallest absolute Gasteiger partial charge is 0.396 e. The van der Waals surface area contributed by atoms with Crippen LogP contribution >= 0.6 is 15.9 Å². The minimum atomic E-state index is -4.76. The van der Waals surface area contributed by atoms with Crippen molar-refractivity contribution in [3.63, 3.8) is 0 Å². The molecule has 0 unspecified atom stereocenters. The molecule has 2 nitrogen and oxygen atoms in total. The van der Waals surface area contributed by atoms with Crippen molar-refractivity contribution in [1.82, 2.24) is 4.98 Å². The third-order valence-corrected chi connectivity index (χ3v) is 2.47. The molecule has 0 radical (unpaired) electrons. The van der Waals surface area contributed by atoms with Crippen molar-refractivity contribution < 1.29 is 22.0 Å². The summed E-state index contributed by atoms with van der Waals surface area (Å²) in [5.74, 6) is 0. The van der Waals surface area contributed by atoms with Crippen molar-refractivity contribution in [1.29, 1.82) is 0 Å². The molecule has 2 N–H and O–H groups in total. The molecule has 1 aromatic rings. The third kappa shape index (κ3) is 2.36. The summed E-state index contributed by atoms with van der Waals surface area (Å²) in [6.07, 6.45) is -7.24. The summed E-state index contributed by atoms with van der Waals surface area (Å²) in [4.78, 5) is 2.87. The van der Waals surface area contributed by atoms with Gasteiger partial charge in [0.05, 0.1) is 15.7 Å². The van der Waals surface area contributed by atoms with Gasteiger partial charge in [-0.1, -0.05) is 0 Å². The molecule has 0 bridgehead atoms. The molecule has 0 aliphatic heterocycles. The molecule has 1 aromatic heterocycles. The monoisotopic (exact) mass is 290 g/mol. The Hall–Kier alpha value is -0.920. The second kappa shape index (κ2) is 3.92. The van der Waals surface area contributed by atoms with Crippen LogP contribution in [0.3, 0.4) is 0 Å². The molecule has 0 saturated carbocycles. The molecule has 0 aromatic carbocycles. The highest BCUT2D eigenvalue weighted by atomic mass is 79.9. The standard InChI is InChI=1S/C7H4BrF5N2/c8-3-2(6(9)10)1-15-5(4(3)14)7(11,12)13/h1,6H,14H2. The predicted molar refractivity (Wildman–Crippen MR) is 46.3 cm³/mol. The summed E-state index contributed by atoms with van der Waals surface area (Å²) >= 11 is 2.58. The van der Waals surface area contributed by atoms with Crippen LogP contribution in [0, 0.1) is 0 Å². The Balaban J connectivity index is 3.34. The van der Waals surface area contributed by atoms with Crippen LogP contribution in [-0.2, 0) is 6.18 Å². The zero-order chi connectivity index (χ0) is 11.8. The van der Waals surface area contributed by atoms with Gasteiger partial charge in [-0.05, 0) is 15.9 Å². The summed E-state index contributed by atoms with van der Waals surface area (Å²) < 4.78 is 60.6. The predicted octanol–water partition coefficient (Wildman–Crippen LogP) is 3.38. The first kappa shape index (κ1) is 12.2. The fourth-order valence-corrected chi connectivity index (χ4v) is 1.36. The Morgan fingerprint density at radius 1 is 1.33 bits per heavy atom.